The van der Waals surface area contributed by atoms with Gasteiger partial charge >= 0.3 is 0 Å². The van der Waals surface area contributed by atoms with Gasteiger partial charge in [0.25, 0.3) is 0 Å². The molecule has 0 aliphatic rings. The second kappa shape index (κ2) is 7.25. The van der Waals surface area contributed by atoms with Crippen LogP contribution in [0.4, 0.5) is 0 Å². The molecule has 0 fully saturated rings. The van der Waals surface area contributed by atoms with Gasteiger partial charge in [0.1, 0.15) is 0 Å². The normalized spacial score (nSPS) is 12.8. The number of methoxy groups -OCH3 is 1. The van der Waals surface area contributed by atoms with Crippen LogP contribution in [0.3, 0.4) is 0 Å². The van der Waals surface area contributed by atoms with Crippen molar-refractivity contribution in [2.24, 2.45) is 0 Å². The number of nitrogens with one attached hydrogen (secondary N) is 1. The van der Waals surface area contributed by atoms with Gasteiger partial charge in [0, 0.05) is 31.5 Å². The van der Waals surface area contributed by atoms with Gasteiger partial charge in [-0.1, -0.05) is 6.07 Å². The Morgan fingerprint density at radius 3 is 2.76 bits per heavy atom. The fourth-order valence-electron chi connectivity index (χ4n) is 1.48. The third kappa shape index (κ3) is 5.15. The number of hydrogen-bond acceptors (Lipinski definition) is 4. The molecule has 1 unspecified atom stereocenters. The van der Waals surface area contributed by atoms with Crippen LogP contribution >= 0.6 is 0 Å². The van der Waals surface area contributed by atoms with E-state index in [1.54, 1.807) is 13.3 Å². The van der Waals surface area contributed by atoms with Crippen LogP contribution in [0.1, 0.15) is 26.3 Å². The molecule has 1 aromatic rings. The molecule has 4 nitrogen and oxygen atoms in total. The quantitative estimate of drug-likeness (QED) is 0.789. The van der Waals surface area contributed by atoms with E-state index in [4.69, 9.17) is 9.47 Å². The molecular weight excluding hydrogens is 216 g/mol. The van der Waals surface area contributed by atoms with E-state index in [1.165, 1.54) is 0 Å². The zero-order chi connectivity index (χ0) is 12.7. The molecule has 0 spiro atoms. The zero-order valence-corrected chi connectivity index (χ0v) is 11.1. The Hall–Kier alpha value is -1.13. The van der Waals surface area contributed by atoms with Gasteiger partial charge in [0.15, 0.2) is 0 Å². The minimum Gasteiger partial charge on any atom is -0.475 e. The van der Waals surface area contributed by atoms with Gasteiger partial charge in [-0.25, -0.2) is 4.98 Å². The Labute approximate surface area is 103 Å². The minimum atomic E-state index is 0.139. The first kappa shape index (κ1) is 13.9. The number of aromatic nitrogens is 1. The minimum absolute atomic E-state index is 0.139. The molecule has 1 heterocycles. The highest BCUT2D eigenvalue weighted by atomic mass is 16.5. The van der Waals surface area contributed by atoms with Crippen molar-refractivity contribution in [1.29, 1.82) is 0 Å². The maximum atomic E-state index is 5.66. The van der Waals surface area contributed by atoms with Crippen molar-refractivity contribution < 1.29 is 9.47 Å². The van der Waals surface area contributed by atoms with E-state index in [0.717, 1.165) is 12.1 Å². The molecule has 0 amide bonds. The summed E-state index contributed by atoms with van der Waals surface area (Å²) in [5, 5.41) is 3.37. The monoisotopic (exact) mass is 238 g/mol. The molecule has 0 aliphatic heterocycles. The lowest BCUT2D eigenvalue weighted by molar-refractivity contribution is 0.171. The van der Waals surface area contributed by atoms with Gasteiger partial charge in [0.2, 0.25) is 5.88 Å². The fourth-order valence-corrected chi connectivity index (χ4v) is 1.48. The molecule has 0 aliphatic carbocycles. The molecule has 0 aromatic carbocycles. The van der Waals surface area contributed by atoms with E-state index in [0.29, 0.717) is 18.5 Å². The molecule has 0 radical (unpaired) electrons. The lowest BCUT2D eigenvalue weighted by Crippen LogP contribution is -2.29. The molecule has 4 heteroatoms. The van der Waals surface area contributed by atoms with E-state index < -0.39 is 0 Å². The van der Waals surface area contributed by atoms with E-state index >= 15 is 0 Å². The van der Waals surface area contributed by atoms with Gasteiger partial charge in [-0.05, 0) is 26.8 Å². The molecule has 1 rings (SSSR count). The van der Waals surface area contributed by atoms with Crippen molar-refractivity contribution in [3.63, 3.8) is 0 Å². The molecule has 0 saturated carbocycles. The Bertz CT molecular complexity index is 329. The Morgan fingerprint density at radius 1 is 1.35 bits per heavy atom. The predicted octanol–water partition coefficient (Wildman–Crippen LogP) is 1.99. The summed E-state index contributed by atoms with van der Waals surface area (Å²) in [4.78, 5) is 4.25. The molecule has 96 valence electrons. The van der Waals surface area contributed by atoms with Crippen molar-refractivity contribution in [3.8, 4) is 5.88 Å². The van der Waals surface area contributed by atoms with Crippen LogP contribution in [0.15, 0.2) is 18.3 Å². The molecule has 1 atom stereocenters. The van der Waals surface area contributed by atoms with Gasteiger partial charge in [-0.3, -0.25) is 0 Å². The molecule has 0 saturated heterocycles. The summed E-state index contributed by atoms with van der Waals surface area (Å²) in [5.41, 5.74) is 1.07. The summed E-state index contributed by atoms with van der Waals surface area (Å²) in [6.45, 7) is 7.52. The predicted molar refractivity (Wildman–Crippen MR) is 68.2 cm³/mol. The summed E-state index contributed by atoms with van der Waals surface area (Å²) in [5.74, 6) is 0.708. The third-order valence-corrected chi connectivity index (χ3v) is 2.25. The highest BCUT2D eigenvalue weighted by molar-refractivity contribution is 5.25. The van der Waals surface area contributed by atoms with Crippen molar-refractivity contribution >= 4 is 0 Å². The topological polar surface area (TPSA) is 43.4 Å². The number of hydrogen-bond donors (Lipinski definition) is 1. The second-order valence-electron chi connectivity index (χ2n) is 4.37. The summed E-state index contributed by atoms with van der Waals surface area (Å²) < 4.78 is 10.7. The smallest absolute Gasteiger partial charge is 0.218 e. The van der Waals surface area contributed by atoms with E-state index in [2.05, 4.69) is 17.2 Å². The third-order valence-electron chi connectivity index (χ3n) is 2.25. The summed E-state index contributed by atoms with van der Waals surface area (Å²) >= 11 is 0. The lowest BCUT2D eigenvalue weighted by Gasteiger charge is -2.16. The van der Waals surface area contributed by atoms with Crippen molar-refractivity contribution in [3.05, 3.63) is 23.9 Å². The van der Waals surface area contributed by atoms with Crippen LogP contribution in [-0.4, -0.2) is 30.8 Å². The van der Waals surface area contributed by atoms with Crippen molar-refractivity contribution in [1.82, 2.24) is 10.3 Å². The standard InChI is InChI=1S/C13H22N2O2/c1-10(2)17-13-12(6-5-7-14-13)8-15-11(3)9-16-4/h5-7,10-11,15H,8-9H2,1-4H3. The maximum Gasteiger partial charge on any atom is 0.218 e. The van der Waals surface area contributed by atoms with Gasteiger partial charge in [-0.15, -0.1) is 0 Å². The van der Waals surface area contributed by atoms with Gasteiger partial charge < -0.3 is 14.8 Å². The second-order valence-corrected chi connectivity index (χ2v) is 4.37. The van der Waals surface area contributed by atoms with E-state index in [9.17, 15) is 0 Å². The Balaban J connectivity index is 2.57. The number of rotatable bonds is 7. The maximum absolute atomic E-state index is 5.66. The molecule has 17 heavy (non-hydrogen) atoms. The van der Waals surface area contributed by atoms with Crippen molar-refractivity contribution in [2.45, 2.75) is 39.5 Å². The SMILES string of the molecule is COCC(C)NCc1cccnc1OC(C)C. The summed E-state index contributed by atoms with van der Waals surface area (Å²) in [7, 11) is 1.70. The largest absolute Gasteiger partial charge is 0.475 e. The highest BCUT2D eigenvalue weighted by Crippen LogP contribution is 2.15. The average molecular weight is 238 g/mol. The first-order valence-corrected chi connectivity index (χ1v) is 5.96. The highest BCUT2D eigenvalue weighted by Gasteiger charge is 2.08. The first-order chi connectivity index (χ1) is 8.13. The van der Waals surface area contributed by atoms with Crippen LogP contribution in [0, 0.1) is 0 Å². The number of pyridine rings is 1. The molecule has 1 N–H and O–H groups in total. The summed E-state index contributed by atoms with van der Waals surface area (Å²) in [6, 6.07) is 4.26. The molecular formula is C13H22N2O2. The van der Waals surface area contributed by atoms with Gasteiger partial charge in [0.05, 0.1) is 12.7 Å². The fraction of sp³-hybridized carbons (Fsp3) is 0.615. The number of nitrogens with zero attached hydrogens (tertiary/aromatic N) is 1. The van der Waals surface area contributed by atoms with Gasteiger partial charge in [-0.2, -0.15) is 0 Å². The van der Waals surface area contributed by atoms with Crippen LogP contribution < -0.4 is 10.1 Å². The van der Waals surface area contributed by atoms with Crippen LogP contribution in [-0.2, 0) is 11.3 Å². The zero-order valence-electron chi connectivity index (χ0n) is 11.1. The molecule has 1 aromatic heterocycles. The van der Waals surface area contributed by atoms with E-state index in [1.807, 2.05) is 26.0 Å². The van der Waals surface area contributed by atoms with Crippen molar-refractivity contribution in [2.75, 3.05) is 13.7 Å². The molecule has 0 bridgehead atoms. The lowest BCUT2D eigenvalue weighted by atomic mass is 10.2. The Kier molecular flexibility index (Phi) is 5.94. The summed E-state index contributed by atoms with van der Waals surface area (Å²) in [6.07, 6.45) is 1.89. The van der Waals surface area contributed by atoms with Crippen LogP contribution in [0.25, 0.3) is 0 Å². The van der Waals surface area contributed by atoms with Crippen LogP contribution in [0.2, 0.25) is 0 Å². The van der Waals surface area contributed by atoms with Crippen LogP contribution in [0.5, 0.6) is 5.88 Å². The average Bonchev–Trinajstić information content (AvgIpc) is 2.27. The van der Waals surface area contributed by atoms with E-state index in [-0.39, 0.29) is 6.10 Å². The Morgan fingerprint density at radius 2 is 2.12 bits per heavy atom. The number of ether oxygens (including phenoxy) is 2. The first-order valence-electron chi connectivity index (χ1n) is 5.96.